The first-order valence-corrected chi connectivity index (χ1v) is 6.77. The summed E-state index contributed by atoms with van der Waals surface area (Å²) in [6.45, 7) is 7.79. The van der Waals surface area contributed by atoms with Crippen molar-refractivity contribution in [3.8, 4) is 0 Å². The Morgan fingerprint density at radius 3 is 2.89 bits per heavy atom. The summed E-state index contributed by atoms with van der Waals surface area (Å²) >= 11 is 0. The molecule has 1 saturated heterocycles. The van der Waals surface area contributed by atoms with Gasteiger partial charge in [0.2, 0.25) is 5.91 Å². The Balaban J connectivity index is 2.05. The third kappa shape index (κ3) is 3.56. The zero-order chi connectivity index (χ0) is 13.7. The predicted molar refractivity (Wildman–Crippen MR) is 75.3 cm³/mol. The molecule has 1 N–H and O–H groups in total. The predicted octanol–water partition coefficient (Wildman–Crippen LogP) is 0.967. The van der Waals surface area contributed by atoms with Crippen LogP contribution in [0.1, 0.15) is 20.3 Å². The highest BCUT2D eigenvalue weighted by molar-refractivity contribution is 5.73. The zero-order valence-corrected chi connectivity index (χ0v) is 11.6. The van der Waals surface area contributed by atoms with Crippen LogP contribution in [0.4, 0.5) is 11.6 Å². The molecule has 2 rings (SSSR count). The van der Waals surface area contributed by atoms with Gasteiger partial charge in [0.25, 0.3) is 0 Å². The van der Waals surface area contributed by atoms with Gasteiger partial charge in [-0.15, -0.1) is 0 Å². The number of aromatic nitrogens is 2. The number of rotatable bonds is 3. The lowest BCUT2D eigenvalue weighted by atomic mass is 10.4. The molecule has 1 aromatic heterocycles. The number of carbonyl (C=O) groups excluding carboxylic acids is 1. The molecule has 2 heterocycles. The molecule has 0 unspecified atom stereocenters. The van der Waals surface area contributed by atoms with Gasteiger partial charge in [0.15, 0.2) is 0 Å². The monoisotopic (exact) mass is 263 g/mol. The molecular weight excluding hydrogens is 242 g/mol. The topological polar surface area (TPSA) is 61.4 Å². The van der Waals surface area contributed by atoms with Crippen LogP contribution in [0.25, 0.3) is 0 Å². The molecule has 1 aliphatic rings. The van der Waals surface area contributed by atoms with Crippen LogP contribution < -0.4 is 10.2 Å². The fourth-order valence-corrected chi connectivity index (χ4v) is 2.24. The van der Waals surface area contributed by atoms with Gasteiger partial charge in [0.1, 0.15) is 11.6 Å². The molecule has 0 saturated carbocycles. The number of nitrogens with one attached hydrogen (secondary N) is 1. The largest absolute Gasteiger partial charge is 0.369 e. The summed E-state index contributed by atoms with van der Waals surface area (Å²) in [6.07, 6.45) is 4.48. The second-order valence-corrected chi connectivity index (χ2v) is 4.64. The number of hydrogen-bond donors (Lipinski definition) is 1. The molecule has 0 atom stereocenters. The number of anilines is 2. The summed E-state index contributed by atoms with van der Waals surface area (Å²) in [6, 6.07) is 0. The molecule has 1 aliphatic heterocycles. The highest BCUT2D eigenvalue weighted by Gasteiger charge is 2.17. The van der Waals surface area contributed by atoms with E-state index in [1.807, 2.05) is 11.8 Å². The van der Waals surface area contributed by atoms with E-state index in [-0.39, 0.29) is 5.91 Å². The Bertz CT molecular complexity index is 437. The van der Waals surface area contributed by atoms with Crippen LogP contribution in [0, 0.1) is 0 Å². The first-order chi connectivity index (χ1) is 9.20. The van der Waals surface area contributed by atoms with E-state index in [0.29, 0.717) is 0 Å². The van der Waals surface area contributed by atoms with Crippen LogP contribution in [0.15, 0.2) is 12.4 Å². The standard InChI is InChI=1S/C13H21N5O/c1-3-15-12-9-14-10-13(16-12)18-6-4-5-17(7-8-18)11(2)19/h9-10H,3-8H2,1-2H3,(H,15,16). The van der Waals surface area contributed by atoms with Crippen molar-refractivity contribution in [1.82, 2.24) is 14.9 Å². The van der Waals surface area contributed by atoms with Gasteiger partial charge < -0.3 is 15.1 Å². The minimum absolute atomic E-state index is 0.148. The van der Waals surface area contributed by atoms with Gasteiger partial charge in [0.05, 0.1) is 12.4 Å². The van der Waals surface area contributed by atoms with Crippen LogP contribution in [0.5, 0.6) is 0 Å². The SMILES string of the molecule is CCNc1cncc(N2CCCN(C(C)=O)CC2)n1. The van der Waals surface area contributed by atoms with E-state index in [4.69, 9.17) is 0 Å². The van der Waals surface area contributed by atoms with E-state index < -0.39 is 0 Å². The molecule has 0 spiro atoms. The minimum Gasteiger partial charge on any atom is -0.369 e. The van der Waals surface area contributed by atoms with Gasteiger partial charge >= 0.3 is 0 Å². The second-order valence-electron chi connectivity index (χ2n) is 4.64. The van der Waals surface area contributed by atoms with E-state index >= 15 is 0 Å². The van der Waals surface area contributed by atoms with Gasteiger partial charge in [0, 0.05) is 39.6 Å². The zero-order valence-electron chi connectivity index (χ0n) is 11.6. The molecule has 19 heavy (non-hydrogen) atoms. The summed E-state index contributed by atoms with van der Waals surface area (Å²) < 4.78 is 0. The van der Waals surface area contributed by atoms with Crippen molar-refractivity contribution in [2.45, 2.75) is 20.3 Å². The van der Waals surface area contributed by atoms with Gasteiger partial charge in [-0.3, -0.25) is 9.78 Å². The van der Waals surface area contributed by atoms with Crippen molar-refractivity contribution >= 4 is 17.5 Å². The second kappa shape index (κ2) is 6.36. The summed E-state index contributed by atoms with van der Waals surface area (Å²) in [5.74, 6) is 1.82. The molecule has 6 heteroatoms. The van der Waals surface area contributed by atoms with Gasteiger partial charge in [-0.05, 0) is 13.3 Å². The molecule has 0 aliphatic carbocycles. The Morgan fingerprint density at radius 2 is 2.16 bits per heavy atom. The van der Waals surface area contributed by atoms with Crippen molar-refractivity contribution in [3.05, 3.63) is 12.4 Å². The lowest BCUT2D eigenvalue weighted by Crippen LogP contribution is -2.33. The molecule has 104 valence electrons. The van der Waals surface area contributed by atoms with E-state index in [1.54, 1.807) is 19.3 Å². The fraction of sp³-hybridized carbons (Fsp3) is 0.615. The number of hydrogen-bond acceptors (Lipinski definition) is 5. The van der Waals surface area contributed by atoms with Gasteiger partial charge in [-0.1, -0.05) is 0 Å². The summed E-state index contributed by atoms with van der Waals surface area (Å²) in [5, 5.41) is 3.16. The first kappa shape index (κ1) is 13.6. The normalized spacial score (nSPS) is 16.1. The molecule has 0 radical (unpaired) electrons. The first-order valence-electron chi connectivity index (χ1n) is 6.77. The smallest absolute Gasteiger partial charge is 0.219 e. The quantitative estimate of drug-likeness (QED) is 0.880. The van der Waals surface area contributed by atoms with Crippen molar-refractivity contribution in [1.29, 1.82) is 0 Å². The van der Waals surface area contributed by atoms with E-state index in [0.717, 1.165) is 50.8 Å². The van der Waals surface area contributed by atoms with Crippen LogP contribution in [0.3, 0.4) is 0 Å². The molecule has 0 bridgehead atoms. The number of nitrogens with zero attached hydrogens (tertiary/aromatic N) is 4. The van der Waals surface area contributed by atoms with Crippen LogP contribution in [0.2, 0.25) is 0 Å². The van der Waals surface area contributed by atoms with Crippen molar-refractivity contribution in [2.75, 3.05) is 42.9 Å². The van der Waals surface area contributed by atoms with Crippen LogP contribution >= 0.6 is 0 Å². The Labute approximate surface area is 113 Å². The maximum atomic E-state index is 11.4. The van der Waals surface area contributed by atoms with Gasteiger partial charge in [-0.2, -0.15) is 0 Å². The van der Waals surface area contributed by atoms with E-state index in [9.17, 15) is 4.79 Å². The minimum atomic E-state index is 0.148. The highest BCUT2D eigenvalue weighted by Crippen LogP contribution is 2.15. The summed E-state index contributed by atoms with van der Waals surface area (Å²) in [5.41, 5.74) is 0. The molecule has 1 amide bonds. The average molecular weight is 263 g/mol. The molecule has 1 fully saturated rings. The third-order valence-electron chi connectivity index (χ3n) is 3.24. The fourth-order valence-electron chi connectivity index (χ4n) is 2.24. The van der Waals surface area contributed by atoms with E-state index in [2.05, 4.69) is 20.2 Å². The Kier molecular flexibility index (Phi) is 4.54. The summed E-state index contributed by atoms with van der Waals surface area (Å²) in [7, 11) is 0. The van der Waals surface area contributed by atoms with Gasteiger partial charge in [-0.25, -0.2) is 4.98 Å². The Morgan fingerprint density at radius 1 is 1.32 bits per heavy atom. The molecule has 6 nitrogen and oxygen atoms in total. The van der Waals surface area contributed by atoms with Crippen molar-refractivity contribution in [2.24, 2.45) is 0 Å². The number of amides is 1. The lowest BCUT2D eigenvalue weighted by molar-refractivity contribution is -0.128. The third-order valence-corrected chi connectivity index (χ3v) is 3.24. The summed E-state index contributed by atoms with van der Waals surface area (Å²) in [4.78, 5) is 24.2. The molecular formula is C13H21N5O. The Hall–Kier alpha value is -1.85. The highest BCUT2D eigenvalue weighted by atomic mass is 16.2. The van der Waals surface area contributed by atoms with Crippen LogP contribution in [-0.4, -0.2) is 53.5 Å². The van der Waals surface area contributed by atoms with Crippen molar-refractivity contribution < 1.29 is 4.79 Å². The lowest BCUT2D eigenvalue weighted by Gasteiger charge is -2.22. The maximum absolute atomic E-state index is 11.4. The van der Waals surface area contributed by atoms with Crippen LogP contribution in [-0.2, 0) is 4.79 Å². The van der Waals surface area contributed by atoms with E-state index in [1.165, 1.54) is 0 Å². The number of carbonyl (C=O) groups is 1. The molecule has 1 aromatic rings. The maximum Gasteiger partial charge on any atom is 0.219 e. The molecule has 0 aromatic carbocycles. The average Bonchev–Trinajstić information content (AvgIpc) is 2.65. The van der Waals surface area contributed by atoms with Crippen molar-refractivity contribution in [3.63, 3.8) is 0 Å².